The number of ether oxygens (including phenoxy) is 2. The second kappa shape index (κ2) is 7.84. The molecule has 0 aliphatic heterocycles. The second-order valence-corrected chi connectivity index (χ2v) is 6.66. The third-order valence-corrected chi connectivity index (χ3v) is 3.48. The Morgan fingerprint density at radius 2 is 1.85 bits per heavy atom. The molecular formula is C15H30N2O3. The number of carbonyl (C=O) groups is 1. The van der Waals surface area contributed by atoms with Crippen molar-refractivity contribution in [1.29, 1.82) is 0 Å². The molecule has 5 heteroatoms. The summed E-state index contributed by atoms with van der Waals surface area (Å²) in [7, 11) is 1.78. The number of hydrogen-bond donors (Lipinski definition) is 2. The zero-order chi connectivity index (χ0) is 15.2. The molecule has 0 radical (unpaired) electrons. The van der Waals surface area contributed by atoms with Gasteiger partial charge in [-0.3, -0.25) is 0 Å². The van der Waals surface area contributed by atoms with Crippen molar-refractivity contribution < 1.29 is 14.3 Å². The van der Waals surface area contributed by atoms with E-state index in [-0.39, 0.29) is 12.1 Å². The molecule has 5 nitrogen and oxygen atoms in total. The molecule has 0 bridgehead atoms. The maximum atomic E-state index is 11.6. The van der Waals surface area contributed by atoms with Gasteiger partial charge in [-0.05, 0) is 53.4 Å². The predicted octanol–water partition coefficient (Wildman–Crippen LogP) is 2.45. The largest absolute Gasteiger partial charge is 0.444 e. The Morgan fingerprint density at radius 1 is 1.25 bits per heavy atom. The molecule has 118 valence electrons. The summed E-state index contributed by atoms with van der Waals surface area (Å²) in [6.45, 7) is 8.34. The zero-order valence-corrected chi connectivity index (χ0v) is 13.5. The highest BCUT2D eigenvalue weighted by Gasteiger charge is 2.21. The topological polar surface area (TPSA) is 59.6 Å². The Bertz CT molecular complexity index is 294. The van der Waals surface area contributed by atoms with Crippen LogP contribution in [0, 0.1) is 0 Å². The fraction of sp³-hybridized carbons (Fsp3) is 0.933. The highest BCUT2D eigenvalue weighted by atomic mass is 16.6. The first-order valence-corrected chi connectivity index (χ1v) is 7.56. The van der Waals surface area contributed by atoms with E-state index in [2.05, 4.69) is 10.6 Å². The van der Waals surface area contributed by atoms with E-state index in [4.69, 9.17) is 9.47 Å². The van der Waals surface area contributed by atoms with Crippen molar-refractivity contribution in [1.82, 2.24) is 10.6 Å². The molecule has 20 heavy (non-hydrogen) atoms. The van der Waals surface area contributed by atoms with E-state index in [1.54, 1.807) is 7.11 Å². The molecule has 1 amide bonds. The summed E-state index contributed by atoms with van der Waals surface area (Å²) in [4.78, 5) is 11.6. The summed E-state index contributed by atoms with van der Waals surface area (Å²) in [6.07, 6.45) is 4.57. The number of nitrogens with one attached hydrogen (secondary N) is 2. The van der Waals surface area contributed by atoms with E-state index < -0.39 is 5.60 Å². The molecule has 0 aromatic rings. The van der Waals surface area contributed by atoms with E-state index >= 15 is 0 Å². The van der Waals surface area contributed by atoms with Gasteiger partial charge in [0.1, 0.15) is 5.60 Å². The number of carbonyl (C=O) groups excluding carboxylic acids is 1. The molecule has 0 heterocycles. The summed E-state index contributed by atoms with van der Waals surface area (Å²) in [5.41, 5.74) is -0.449. The fourth-order valence-electron chi connectivity index (χ4n) is 2.41. The van der Waals surface area contributed by atoms with Gasteiger partial charge in [-0.15, -0.1) is 0 Å². The van der Waals surface area contributed by atoms with Gasteiger partial charge in [-0.1, -0.05) is 0 Å². The minimum atomic E-state index is -0.449. The van der Waals surface area contributed by atoms with Crippen LogP contribution in [0.2, 0.25) is 0 Å². The van der Waals surface area contributed by atoms with Crippen molar-refractivity contribution in [2.24, 2.45) is 0 Å². The van der Waals surface area contributed by atoms with E-state index in [1.165, 1.54) is 0 Å². The van der Waals surface area contributed by atoms with Crippen molar-refractivity contribution in [3.63, 3.8) is 0 Å². The Labute approximate surface area is 122 Å². The van der Waals surface area contributed by atoms with Crippen molar-refractivity contribution in [2.45, 2.75) is 77.2 Å². The molecule has 0 aromatic heterocycles. The number of rotatable bonds is 5. The second-order valence-electron chi connectivity index (χ2n) is 6.66. The van der Waals surface area contributed by atoms with Crippen LogP contribution >= 0.6 is 0 Å². The lowest BCUT2D eigenvalue weighted by Gasteiger charge is -2.29. The lowest BCUT2D eigenvalue weighted by Crippen LogP contribution is -2.45. The van der Waals surface area contributed by atoms with Crippen LogP contribution in [0.1, 0.15) is 53.4 Å². The maximum Gasteiger partial charge on any atom is 0.407 e. The minimum absolute atomic E-state index is 0.0602. The molecular weight excluding hydrogens is 256 g/mol. The number of methoxy groups -OCH3 is 1. The number of alkyl carbamates (subject to hydrolysis) is 1. The first-order valence-electron chi connectivity index (χ1n) is 7.56. The molecule has 1 saturated carbocycles. The van der Waals surface area contributed by atoms with Gasteiger partial charge in [0.15, 0.2) is 0 Å². The minimum Gasteiger partial charge on any atom is -0.444 e. The zero-order valence-electron chi connectivity index (χ0n) is 13.5. The van der Waals surface area contributed by atoms with E-state index in [0.29, 0.717) is 12.1 Å². The van der Waals surface area contributed by atoms with E-state index in [1.807, 2.05) is 27.7 Å². The van der Waals surface area contributed by atoms with Crippen molar-refractivity contribution in [3.05, 3.63) is 0 Å². The van der Waals surface area contributed by atoms with Gasteiger partial charge in [0.05, 0.1) is 6.10 Å². The Hall–Kier alpha value is -0.810. The van der Waals surface area contributed by atoms with Crippen LogP contribution in [0.5, 0.6) is 0 Å². The van der Waals surface area contributed by atoms with Crippen molar-refractivity contribution in [3.8, 4) is 0 Å². The number of amides is 1. The van der Waals surface area contributed by atoms with Crippen LogP contribution in [-0.4, -0.2) is 43.5 Å². The van der Waals surface area contributed by atoms with E-state index in [0.717, 1.165) is 32.2 Å². The number of hydrogen-bond acceptors (Lipinski definition) is 4. The third-order valence-electron chi connectivity index (χ3n) is 3.48. The van der Waals surface area contributed by atoms with Crippen molar-refractivity contribution >= 4 is 6.09 Å². The van der Waals surface area contributed by atoms with Crippen LogP contribution in [0.3, 0.4) is 0 Å². The van der Waals surface area contributed by atoms with Gasteiger partial charge in [0.25, 0.3) is 0 Å². The summed E-state index contributed by atoms with van der Waals surface area (Å²) in [6, 6.07) is 0.592. The maximum absolute atomic E-state index is 11.6. The summed E-state index contributed by atoms with van der Waals surface area (Å²) >= 11 is 0. The molecule has 2 N–H and O–H groups in total. The summed E-state index contributed by atoms with van der Waals surface area (Å²) in [5, 5.41) is 6.36. The van der Waals surface area contributed by atoms with Gasteiger partial charge in [-0.25, -0.2) is 4.79 Å². The molecule has 1 rings (SSSR count). The van der Waals surface area contributed by atoms with Crippen molar-refractivity contribution in [2.75, 3.05) is 13.7 Å². The molecule has 0 spiro atoms. The molecule has 0 aromatic carbocycles. The van der Waals surface area contributed by atoms with Crippen LogP contribution in [0.4, 0.5) is 4.79 Å². The van der Waals surface area contributed by atoms with E-state index in [9.17, 15) is 4.79 Å². The van der Waals surface area contributed by atoms with Crippen LogP contribution in [0.15, 0.2) is 0 Å². The molecule has 1 atom stereocenters. The highest BCUT2D eigenvalue weighted by molar-refractivity contribution is 5.68. The van der Waals surface area contributed by atoms with Gasteiger partial charge in [0.2, 0.25) is 0 Å². The smallest absolute Gasteiger partial charge is 0.407 e. The van der Waals surface area contributed by atoms with Crippen LogP contribution < -0.4 is 10.6 Å². The van der Waals surface area contributed by atoms with Crippen LogP contribution in [-0.2, 0) is 9.47 Å². The molecule has 1 unspecified atom stereocenters. The van der Waals surface area contributed by atoms with Gasteiger partial charge < -0.3 is 20.1 Å². The first-order chi connectivity index (χ1) is 9.30. The first kappa shape index (κ1) is 17.2. The average molecular weight is 286 g/mol. The monoisotopic (exact) mass is 286 g/mol. The Morgan fingerprint density at radius 3 is 2.35 bits per heavy atom. The summed E-state index contributed by atoms with van der Waals surface area (Å²) < 4.78 is 10.6. The molecule has 1 fully saturated rings. The lowest BCUT2D eigenvalue weighted by molar-refractivity contribution is 0.0502. The van der Waals surface area contributed by atoms with Crippen LogP contribution in [0.25, 0.3) is 0 Å². The standard InChI is InChI=1S/C15H30N2O3/c1-11(17-14(18)20-15(2,3)4)10-16-12-6-8-13(19-5)9-7-12/h11-13,16H,6-10H2,1-5H3,(H,17,18). The van der Waals surface area contributed by atoms with Gasteiger partial charge >= 0.3 is 6.09 Å². The Balaban J connectivity index is 2.17. The summed E-state index contributed by atoms with van der Waals surface area (Å²) in [5.74, 6) is 0. The highest BCUT2D eigenvalue weighted by Crippen LogP contribution is 2.20. The SMILES string of the molecule is COC1CCC(NCC(C)NC(=O)OC(C)(C)C)CC1. The normalized spacial score (nSPS) is 25.1. The molecule has 1 aliphatic rings. The molecule has 0 saturated heterocycles. The Kier molecular flexibility index (Phi) is 6.76. The lowest BCUT2D eigenvalue weighted by atomic mass is 9.93. The third kappa shape index (κ3) is 7.10. The predicted molar refractivity (Wildman–Crippen MR) is 79.9 cm³/mol. The van der Waals surface area contributed by atoms with Gasteiger partial charge in [-0.2, -0.15) is 0 Å². The molecule has 1 aliphatic carbocycles. The van der Waals surface area contributed by atoms with Gasteiger partial charge in [0, 0.05) is 25.7 Å². The quantitative estimate of drug-likeness (QED) is 0.815. The average Bonchev–Trinajstić information content (AvgIpc) is 2.34. The fourth-order valence-corrected chi connectivity index (χ4v) is 2.41.